The maximum atomic E-state index is 14.4. The molecule has 3 aromatic heterocycles. The minimum absolute atomic E-state index is 0.00380. The number of carboxylic acid groups (broad SMARTS) is 1. The molecule has 3 unspecified atom stereocenters. The molecule has 57 heavy (non-hydrogen) atoms. The first-order valence-electron chi connectivity index (χ1n) is 18.7. The van der Waals surface area contributed by atoms with E-state index in [9.17, 15) is 37.5 Å². The average Bonchev–Trinajstić information content (AvgIpc) is 4.01. The minimum atomic E-state index is -4.80. The minimum Gasteiger partial charge on any atom is -0.465 e. The van der Waals surface area contributed by atoms with E-state index in [1.165, 1.54) is 24.1 Å². The smallest absolute Gasteiger partial charge is 0.435 e. The fraction of sp³-hybridized carbons (Fsp3) is 0.474. The maximum absolute atomic E-state index is 14.4. The van der Waals surface area contributed by atoms with E-state index in [1.807, 2.05) is 0 Å². The van der Waals surface area contributed by atoms with Gasteiger partial charge in [-0.25, -0.2) is 29.5 Å². The van der Waals surface area contributed by atoms with Gasteiger partial charge in [-0.2, -0.15) is 13.2 Å². The molecule has 0 bridgehead atoms. The highest BCUT2D eigenvalue weighted by atomic mass is 19.4. The molecule has 4 amide bonds. The number of imidazole rings is 2. The summed E-state index contributed by atoms with van der Waals surface area (Å²) in [5.74, 6) is -0.440. The van der Waals surface area contributed by atoms with Gasteiger partial charge in [0.05, 0.1) is 36.8 Å². The monoisotopic (exact) mass is 794 g/mol. The first-order chi connectivity index (χ1) is 27.1. The van der Waals surface area contributed by atoms with Gasteiger partial charge in [-0.05, 0) is 37.5 Å². The van der Waals surface area contributed by atoms with Gasteiger partial charge in [0, 0.05) is 42.2 Å². The fourth-order valence-corrected chi connectivity index (χ4v) is 7.35. The van der Waals surface area contributed by atoms with Crippen molar-refractivity contribution in [1.29, 1.82) is 0 Å². The van der Waals surface area contributed by atoms with Gasteiger partial charge in [0.1, 0.15) is 23.7 Å². The van der Waals surface area contributed by atoms with E-state index in [1.54, 1.807) is 63.3 Å². The Balaban J connectivity index is 1.18. The first kappa shape index (κ1) is 40.6. The molecule has 2 fully saturated rings. The molecule has 16 nitrogen and oxygen atoms in total. The Morgan fingerprint density at radius 3 is 1.86 bits per heavy atom. The number of rotatable bonds is 11. The van der Waals surface area contributed by atoms with E-state index in [-0.39, 0.29) is 47.4 Å². The normalized spacial score (nSPS) is 18.2. The van der Waals surface area contributed by atoms with Crippen LogP contribution in [0.25, 0.3) is 33.9 Å². The molecule has 0 spiro atoms. The molecule has 4 aromatic rings. The fourth-order valence-electron chi connectivity index (χ4n) is 7.35. The van der Waals surface area contributed by atoms with Gasteiger partial charge >= 0.3 is 18.4 Å². The average molecular weight is 795 g/mol. The van der Waals surface area contributed by atoms with Crippen LogP contribution in [0.1, 0.15) is 82.8 Å². The largest absolute Gasteiger partial charge is 0.465 e. The van der Waals surface area contributed by atoms with E-state index in [2.05, 4.69) is 45.3 Å². The molecule has 19 heteroatoms. The Morgan fingerprint density at radius 1 is 0.789 bits per heavy atom. The molecule has 304 valence electrons. The molecule has 4 atom stereocenters. The lowest BCUT2D eigenvalue weighted by atomic mass is 10.0. The number of amides is 4. The SMILES string of the molecule is COC(=O)NC(C(=O)N1CCC[C@H]1c1nc(C(F)(F)F)c(-c2ccc(-c3ncc(-c4cnc(C5CCCN5C(=O)C(NC(=O)O)C(C)C)[nH]4)cn3)cc2)[nH]1)C(C)C. The summed E-state index contributed by atoms with van der Waals surface area (Å²) < 4.78 is 47.8. The number of hydrogen-bond donors (Lipinski definition) is 5. The number of ether oxygens (including phenoxy) is 1. The second-order valence-electron chi connectivity index (χ2n) is 14.8. The van der Waals surface area contributed by atoms with E-state index in [0.29, 0.717) is 54.3 Å². The lowest BCUT2D eigenvalue weighted by molar-refractivity contribution is -0.140. The summed E-state index contributed by atoms with van der Waals surface area (Å²) in [7, 11) is 1.18. The predicted molar refractivity (Wildman–Crippen MR) is 199 cm³/mol. The lowest BCUT2D eigenvalue weighted by Gasteiger charge is -2.30. The second-order valence-corrected chi connectivity index (χ2v) is 14.8. The highest BCUT2D eigenvalue weighted by molar-refractivity contribution is 5.87. The summed E-state index contributed by atoms with van der Waals surface area (Å²) in [6.45, 7) is 7.81. The number of benzene rings is 1. The Labute approximate surface area is 326 Å². The molecule has 2 aliphatic heterocycles. The van der Waals surface area contributed by atoms with Crippen molar-refractivity contribution in [2.45, 2.75) is 83.7 Å². The van der Waals surface area contributed by atoms with Crippen molar-refractivity contribution in [3.05, 3.63) is 60.2 Å². The second kappa shape index (κ2) is 16.6. The molecule has 5 heterocycles. The van der Waals surface area contributed by atoms with Crippen molar-refractivity contribution >= 4 is 24.0 Å². The molecule has 0 saturated carbocycles. The van der Waals surface area contributed by atoms with Crippen molar-refractivity contribution < 1.29 is 42.2 Å². The molecule has 6 rings (SSSR count). The van der Waals surface area contributed by atoms with Crippen LogP contribution in [-0.4, -0.2) is 101 Å². The van der Waals surface area contributed by atoms with Gasteiger partial charge in [-0.15, -0.1) is 0 Å². The predicted octanol–water partition coefficient (Wildman–Crippen LogP) is 5.94. The molecular weight excluding hydrogens is 749 g/mol. The molecule has 2 saturated heterocycles. The highest BCUT2D eigenvalue weighted by Crippen LogP contribution is 2.40. The van der Waals surface area contributed by atoms with Gasteiger partial charge in [-0.1, -0.05) is 52.0 Å². The van der Waals surface area contributed by atoms with Crippen LogP contribution in [0.4, 0.5) is 22.8 Å². The van der Waals surface area contributed by atoms with Crippen molar-refractivity contribution in [2.24, 2.45) is 11.8 Å². The quantitative estimate of drug-likeness (QED) is 0.121. The van der Waals surface area contributed by atoms with E-state index in [4.69, 9.17) is 0 Å². The molecular formula is C38H45F3N10O6. The number of hydrogen-bond acceptors (Lipinski definition) is 9. The number of H-pyrrole nitrogens is 2. The summed E-state index contributed by atoms with van der Waals surface area (Å²) in [5, 5.41) is 14.1. The number of aromatic nitrogens is 6. The number of halogens is 3. The molecule has 2 aliphatic rings. The van der Waals surface area contributed by atoms with Gasteiger partial charge < -0.3 is 40.2 Å². The summed E-state index contributed by atoms with van der Waals surface area (Å²) in [4.78, 5) is 76.8. The van der Waals surface area contributed by atoms with Crippen LogP contribution in [0.5, 0.6) is 0 Å². The van der Waals surface area contributed by atoms with Crippen LogP contribution in [0.2, 0.25) is 0 Å². The van der Waals surface area contributed by atoms with Crippen LogP contribution < -0.4 is 10.6 Å². The molecule has 5 N–H and O–H groups in total. The van der Waals surface area contributed by atoms with Crippen LogP contribution in [0.3, 0.4) is 0 Å². The Kier molecular flexibility index (Phi) is 11.8. The third kappa shape index (κ3) is 8.71. The summed E-state index contributed by atoms with van der Waals surface area (Å²) in [6, 6.07) is 3.27. The third-order valence-corrected chi connectivity index (χ3v) is 10.3. The van der Waals surface area contributed by atoms with Crippen LogP contribution in [-0.2, 0) is 20.5 Å². The molecule has 0 aliphatic carbocycles. The number of alkyl halides is 3. The zero-order chi connectivity index (χ0) is 41.2. The summed E-state index contributed by atoms with van der Waals surface area (Å²) in [6.07, 6.45) is 0.233. The lowest BCUT2D eigenvalue weighted by Crippen LogP contribution is -2.51. The number of carbonyl (C=O) groups excluding carboxylic acids is 3. The number of methoxy groups -OCH3 is 1. The number of nitrogens with zero attached hydrogens (tertiary/aromatic N) is 6. The topological polar surface area (TPSA) is 211 Å². The van der Waals surface area contributed by atoms with Crippen LogP contribution in [0.15, 0.2) is 42.9 Å². The highest BCUT2D eigenvalue weighted by Gasteiger charge is 2.42. The van der Waals surface area contributed by atoms with Gasteiger partial charge in [0.15, 0.2) is 11.5 Å². The first-order valence-corrected chi connectivity index (χ1v) is 18.7. The zero-order valence-electron chi connectivity index (χ0n) is 32.1. The maximum Gasteiger partial charge on any atom is 0.435 e. The van der Waals surface area contributed by atoms with Crippen LogP contribution in [0, 0.1) is 11.8 Å². The Hall–Kier alpha value is -6.01. The Morgan fingerprint density at radius 2 is 1.33 bits per heavy atom. The number of likely N-dealkylation sites (tertiary alicyclic amines) is 2. The molecule has 0 radical (unpaired) electrons. The van der Waals surface area contributed by atoms with Gasteiger partial charge in [-0.3, -0.25) is 9.59 Å². The summed E-state index contributed by atoms with van der Waals surface area (Å²) in [5.41, 5.74) is 0.614. The van der Waals surface area contributed by atoms with Crippen LogP contribution >= 0.6 is 0 Å². The van der Waals surface area contributed by atoms with Crippen molar-refractivity contribution in [3.8, 4) is 33.9 Å². The van der Waals surface area contributed by atoms with Crippen molar-refractivity contribution in [3.63, 3.8) is 0 Å². The van der Waals surface area contributed by atoms with Crippen molar-refractivity contribution in [1.82, 2.24) is 50.3 Å². The zero-order valence-corrected chi connectivity index (χ0v) is 32.1. The summed E-state index contributed by atoms with van der Waals surface area (Å²) >= 11 is 0. The number of alkyl carbamates (subject to hydrolysis) is 1. The van der Waals surface area contributed by atoms with E-state index >= 15 is 0 Å². The van der Waals surface area contributed by atoms with Crippen molar-refractivity contribution in [2.75, 3.05) is 20.2 Å². The van der Waals surface area contributed by atoms with E-state index in [0.717, 1.165) is 6.42 Å². The van der Waals surface area contributed by atoms with Gasteiger partial charge in [0.2, 0.25) is 11.8 Å². The molecule has 1 aromatic carbocycles. The number of carbonyl (C=O) groups is 4. The number of nitrogens with one attached hydrogen (secondary N) is 4. The Bertz CT molecular complexity index is 2080. The third-order valence-electron chi connectivity index (χ3n) is 10.3. The van der Waals surface area contributed by atoms with Gasteiger partial charge in [0.25, 0.3) is 0 Å². The van der Waals surface area contributed by atoms with E-state index < -0.39 is 48.1 Å². The number of aromatic amines is 2. The standard InChI is InChI=1S/C38H45F3N10O6/c1-19(2)27(47-36(54)55)34(52)50-14-6-8-25(50)32-44-18-24(45-32)23-16-42-31(43-17-23)22-12-10-21(11-13-22)29-30(38(39,40)41)49-33(46-29)26-9-7-15-51(26)35(53)28(20(3)4)48-37(56)57-5/h10-13,16-20,25-28,47H,6-9,14-15H2,1-5H3,(H,44,45)(H,46,49)(H,48,56)(H,54,55)/t25?,26-,27?,28?/m0/s1.